The van der Waals surface area contributed by atoms with Crippen LogP contribution in [-0.2, 0) is 12.8 Å². The van der Waals surface area contributed by atoms with Crippen molar-refractivity contribution in [1.82, 2.24) is 4.98 Å². The van der Waals surface area contributed by atoms with E-state index in [1.165, 1.54) is 5.56 Å². The van der Waals surface area contributed by atoms with Gasteiger partial charge in [-0.3, -0.25) is 0 Å². The monoisotopic (exact) mass is 300 g/mol. The van der Waals surface area contributed by atoms with Crippen molar-refractivity contribution in [2.45, 2.75) is 39.5 Å². The summed E-state index contributed by atoms with van der Waals surface area (Å²) in [6.45, 7) is 6.91. The first-order valence-corrected chi connectivity index (χ1v) is 7.97. The molecule has 2 aromatic rings. The van der Waals surface area contributed by atoms with Crippen molar-refractivity contribution >= 4 is 11.3 Å². The van der Waals surface area contributed by atoms with Gasteiger partial charge in [-0.2, -0.15) is 5.26 Å². The van der Waals surface area contributed by atoms with Crippen LogP contribution in [0.25, 0.3) is 0 Å². The predicted octanol–water partition coefficient (Wildman–Crippen LogP) is 4.26. The van der Waals surface area contributed by atoms with Gasteiger partial charge in [0.25, 0.3) is 0 Å². The van der Waals surface area contributed by atoms with E-state index in [-0.39, 0.29) is 0 Å². The second-order valence-corrected chi connectivity index (χ2v) is 6.41. The van der Waals surface area contributed by atoms with Crippen molar-refractivity contribution in [3.05, 3.63) is 45.4 Å². The highest BCUT2D eigenvalue weighted by atomic mass is 32.1. The molecule has 21 heavy (non-hydrogen) atoms. The van der Waals surface area contributed by atoms with Crippen molar-refractivity contribution in [1.29, 1.82) is 5.26 Å². The van der Waals surface area contributed by atoms with Crippen LogP contribution in [0.4, 0.5) is 0 Å². The number of para-hydroxylation sites is 1. The fraction of sp³-hybridized carbons (Fsp3) is 0.412. The van der Waals surface area contributed by atoms with Crippen LogP contribution >= 0.6 is 11.3 Å². The molecule has 0 fully saturated rings. The summed E-state index contributed by atoms with van der Waals surface area (Å²) in [6, 6.07) is 10.3. The van der Waals surface area contributed by atoms with Crippen LogP contribution in [0.5, 0.6) is 5.75 Å². The molecule has 0 radical (unpaired) electrons. The standard InChI is InChI=1S/C17H20N2OS/c1-12(2)14-6-4-5-7-15(14)20-11-9-17-19-13(3)16(21-17)8-10-18/h4-7,12H,8-9,11H2,1-3H3. The van der Waals surface area contributed by atoms with Crippen molar-refractivity contribution < 1.29 is 4.74 Å². The van der Waals surface area contributed by atoms with E-state index in [0.717, 1.165) is 27.7 Å². The third kappa shape index (κ3) is 4.05. The van der Waals surface area contributed by atoms with Gasteiger partial charge in [-0.05, 0) is 24.5 Å². The smallest absolute Gasteiger partial charge is 0.122 e. The first kappa shape index (κ1) is 15.5. The lowest BCUT2D eigenvalue weighted by molar-refractivity contribution is 0.317. The number of hydrogen-bond acceptors (Lipinski definition) is 4. The van der Waals surface area contributed by atoms with E-state index in [9.17, 15) is 0 Å². The number of nitrogens with zero attached hydrogens (tertiary/aromatic N) is 2. The minimum atomic E-state index is 0.445. The van der Waals surface area contributed by atoms with Crippen LogP contribution in [0, 0.1) is 18.3 Å². The lowest BCUT2D eigenvalue weighted by atomic mass is 10.0. The van der Waals surface area contributed by atoms with Crippen LogP contribution in [0.2, 0.25) is 0 Å². The van der Waals surface area contributed by atoms with Gasteiger partial charge in [0.2, 0.25) is 0 Å². The van der Waals surface area contributed by atoms with Crippen LogP contribution in [0.15, 0.2) is 24.3 Å². The van der Waals surface area contributed by atoms with E-state index in [0.29, 0.717) is 18.9 Å². The predicted molar refractivity (Wildman–Crippen MR) is 85.9 cm³/mol. The summed E-state index contributed by atoms with van der Waals surface area (Å²) in [4.78, 5) is 5.57. The molecule has 0 aliphatic rings. The van der Waals surface area contributed by atoms with E-state index in [1.54, 1.807) is 11.3 Å². The van der Waals surface area contributed by atoms with Gasteiger partial charge in [0.1, 0.15) is 5.75 Å². The molecule has 1 aromatic carbocycles. The number of aromatic nitrogens is 1. The topological polar surface area (TPSA) is 45.9 Å². The lowest BCUT2D eigenvalue weighted by Crippen LogP contribution is -2.03. The van der Waals surface area contributed by atoms with Gasteiger partial charge < -0.3 is 4.74 Å². The molecule has 0 aliphatic carbocycles. The van der Waals surface area contributed by atoms with Crippen molar-refractivity contribution in [3.8, 4) is 11.8 Å². The van der Waals surface area contributed by atoms with Gasteiger partial charge in [0.05, 0.1) is 29.8 Å². The molecule has 0 saturated heterocycles. The molecule has 0 atom stereocenters. The fourth-order valence-corrected chi connectivity index (χ4v) is 3.15. The summed E-state index contributed by atoms with van der Waals surface area (Å²) in [7, 11) is 0. The third-order valence-corrected chi connectivity index (χ3v) is 4.51. The quantitative estimate of drug-likeness (QED) is 0.800. The Hall–Kier alpha value is -1.86. The molecule has 0 saturated carbocycles. The summed E-state index contributed by atoms with van der Waals surface area (Å²) in [5.74, 6) is 1.41. The average Bonchev–Trinajstić information content (AvgIpc) is 2.80. The summed E-state index contributed by atoms with van der Waals surface area (Å²) < 4.78 is 5.91. The maximum Gasteiger partial charge on any atom is 0.122 e. The lowest BCUT2D eigenvalue weighted by Gasteiger charge is -2.13. The van der Waals surface area contributed by atoms with E-state index in [1.807, 2.05) is 25.1 Å². The van der Waals surface area contributed by atoms with E-state index < -0.39 is 0 Å². The Labute approximate surface area is 130 Å². The number of benzene rings is 1. The highest BCUT2D eigenvalue weighted by Gasteiger charge is 2.09. The van der Waals surface area contributed by atoms with Crippen molar-refractivity contribution in [2.24, 2.45) is 0 Å². The largest absolute Gasteiger partial charge is 0.493 e. The summed E-state index contributed by atoms with van der Waals surface area (Å²) in [5, 5.41) is 9.81. The van der Waals surface area contributed by atoms with E-state index >= 15 is 0 Å². The summed E-state index contributed by atoms with van der Waals surface area (Å²) >= 11 is 1.62. The molecule has 2 rings (SSSR count). The third-order valence-electron chi connectivity index (χ3n) is 3.29. The maximum atomic E-state index is 8.76. The molecule has 3 nitrogen and oxygen atoms in total. The van der Waals surface area contributed by atoms with Crippen LogP contribution in [0.3, 0.4) is 0 Å². The molecule has 1 aromatic heterocycles. The van der Waals surface area contributed by atoms with Crippen molar-refractivity contribution in [3.63, 3.8) is 0 Å². The van der Waals surface area contributed by atoms with Crippen LogP contribution in [0.1, 0.15) is 40.9 Å². The molecular weight excluding hydrogens is 280 g/mol. The summed E-state index contributed by atoms with van der Waals surface area (Å²) in [6.07, 6.45) is 1.23. The zero-order valence-electron chi connectivity index (χ0n) is 12.7. The Morgan fingerprint density at radius 1 is 1.33 bits per heavy atom. The molecule has 110 valence electrons. The number of aryl methyl sites for hydroxylation is 1. The van der Waals surface area contributed by atoms with Crippen molar-refractivity contribution in [2.75, 3.05) is 6.61 Å². The number of ether oxygens (including phenoxy) is 1. The molecule has 0 bridgehead atoms. The molecule has 0 N–H and O–H groups in total. The highest BCUT2D eigenvalue weighted by Crippen LogP contribution is 2.26. The maximum absolute atomic E-state index is 8.76. The minimum absolute atomic E-state index is 0.445. The van der Waals surface area contributed by atoms with E-state index in [4.69, 9.17) is 10.00 Å². The van der Waals surface area contributed by atoms with Crippen LogP contribution in [-0.4, -0.2) is 11.6 Å². The molecule has 0 aliphatic heterocycles. The zero-order valence-corrected chi connectivity index (χ0v) is 13.5. The normalized spacial score (nSPS) is 10.6. The number of nitriles is 1. The first-order valence-electron chi connectivity index (χ1n) is 7.15. The van der Waals surface area contributed by atoms with Gasteiger partial charge in [0.15, 0.2) is 0 Å². The number of thiazole rings is 1. The number of hydrogen-bond donors (Lipinski definition) is 0. The SMILES string of the molecule is Cc1nc(CCOc2ccccc2C(C)C)sc1CC#N. The molecule has 4 heteroatoms. The number of rotatable bonds is 6. The minimum Gasteiger partial charge on any atom is -0.493 e. The summed E-state index contributed by atoms with van der Waals surface area (Å²) in [5.41, 5.74) is 2.21. The zero-order chi connectivity index (χ0) is 15.2. The second-order valence-electron chi connectivity index (χ2n) is 5.24. The van der Waals surface area contributed by atoms with Gasteiger partial charge in [0, 0.05) is 11.3 Å². The first-order chi connectivity index (χ1) is 10.1. The fourth-order valence-electron chi connectivity index (χ4n) is 2.17. The van der Waals surface area contributed by atoms with Gasteiger partial charge in [-0.25, -0.2) is 4.98 Å². The average molecular weight is 300 g/mol. The Kier molecular flexibility index (Phi) is 5.35. The van der Waals surface area contributed by atoms with Gasteiger partial charge in [-0.1, -0.05) is 32.0 Å². The molecular formula is C17H20N2OS. The molecule has 0 unspecified atom stereocenters. The Morgan fingerprint density at radius 3 is 2.81 bits per heavy atom. The highest BCUT2D eigenvalue weighted by molar-refractivity contribution is 7.11. The molecule has 0 amide bonds. The van der Waals surface area contributed by atoms with E-state index in [2.05, 4.69) is 31.0 Å². The molecule has 0 spiro atoms. The van der Waals surface area contributed by atoms with Crippen LogP contribution < -0.4 is 4.74 Å². The van der Waals surface area contributed by atoms with Gasteiger partial charge in [-0.15, -0.1) is 11.3 Å². The van der Waals surface area contributed by atoms with Gasteiger partial charge >= 0.3 is 0 Å². The Balaban J connectivity index is 1.96. The second kappa shape index (κ2) is 7.24. The Bertz CT molecular complexity index is 640. The Morgan fingerprint density at radius 2 is 2.10 bits per heavy atom. The molecule has 1 heterocycles.